The van der Waals surface area contributed by atoms with Gasteiger partial charge in [0.05, 0.1) is 11.4 Å². The SMILES string of the molecule is Cc1cnc(N2CCC(Cn3cccn3)CC2)nc1-c1ccnn1C. The number of piperidine rings is 1. The first-order chi connectivity index (χ1) is 12.2. The first-order valence-corrected chi connectivity index (χ1v) is 8.75. The maximum Gasteiger partial charge on any atom is 0.225 e. The summed E-state index contributed by atoms with van der Waals surface area (Å²) in [5.74, 6) is 1.48. The zero-order valence-electron chi connectivity index (χ0n) is 14.7. The highest BCUT2D eigenvalue weighted by atomic mass is 15.3. The number of nitrogens with zero attached hydrogens (tertiary/aromatic N) is 7. The minimum atomic E-state index is 0.665. The molecule has 0 amide bonds. The summed E-state index contributed by atoms with van der Waals surface area (Å²) < 4.78 is 3.89. The molecule has 130 valence electrons. The predicted octanol–water partition coefficient (Wildman–Crippen LogP) is 2.30. The quantitative estimate of drug-likeness (QED) is 0.731. The molecule has 1 aliphatic heterocycles. The molecular formula is C18H23N7. The van der Waals surface area contributed by atoms with E-state index in [-0.39, 0.29) is 0 Å². The molecule has 0 atom stereocenters. The Labute approximate surface area is 147 Å². The molecule has 0 spiro atoms. The van der Waals surface area contributed by atoms with E-state index in [4.69, 9.17) is 4.98 Å². The number of rotatable bonds is 4. The lowest BCUT2D eigenvalue weighted by Gasteiger charge is -2.32. The van der Waals surface area contributed by atoms with Crippen LogP contribution in [0.25, 0.3) is 11.4 Å². The van der Waals surface area contributed by atoms with Gasteiger partial charge in [-0.2, -0.15) is 10.2 Å². The van der Waals surface area contributed by atoms with Crippen LogP contribution in [0.1, 0.15) is 18.4 Å². The van der Waals surface area contributed by atoms with Crippen LogP contribution in [0.5, 0.6) is 0 Å². The standard InChI is InChI=1S/C18H23N7/c1-14-12-19-18(22-17(14)16-4-8-20-23(16)2)24-10-5-15(6-11-24)13-25-9-3-7-21-25/h3-4,7-9,12,15H,5-6,10-11,13H2,1-2H3. The van der Waals surface area contributed by atoms with Crippen LogP contribution in [0.2, 0.25) is 0 Å². The van der Waals surface area contributed by atoms with Gasteiger partial charge in [-0.05, 0) is 43.4 Å². The van der Waals surface area contributed by atoms with E-state index in [1.165, 1.54) is 0 Å². The molecule has 0 aromatic carbocycles. The Kier molecular flexibility index (Phi) is 4.21. The topological polar surface area (TPSA) is 64.7 Å². The van der Waals surface area contributed by atoms with Crippen molar-refractivity contribution in [3.63, 3.8) is 0 Å². The molecule has 7 heteroatoms. The second-order valence-electron chi connectivity index (χ2n) is 6.70. The molecule has 0 saturated carbocycles. The fraction of sp³-hybridized carbons (Fsp3) is 0.444. The highest BCUT2D eigenvalue weighted by Crippen LogP contribution is 2.25. The zero-order chi connectivity index (χ0) is 17.2. The highest BCUT2D eigenvalue weighted by molar-refractivity contribution is 5.60. The van der Waals surface area contributed by atoms with Gasteiger partial charge in [0.15, 0.2) is 0 Å². The average molecular weight is 337 g/mol. The van der Waals surface area contributed by atoms with Crippen molar-refractivity contribution < 1.29 is 0 Å². The summed E-state index contributed by atoms with van der Waals surface area (Å²) in [7, 11) is 1.94. The molecule has 4 heterocycles. The number of aromatic nitrogens is 6. The molecule has 0 bridgehead atoms. The van der Waals surface area contributed by atoms with E-state index in [1.807, 2.05) is 54.1 Å². The fourth-order valence-electron chi connectivity index (χ4n) is 3.44. The molecule has 0 aliphatic carbocycles. The molecule has 0 radical (unpaired) electrons. The summed E-state index contributed by atoms with van der Waals surface area (Å²) in [4.78, 5) is 11.7. The number of aryl methyl sites for hydroxylation is 2. The van der Waals surface area contributed by atoms with Gasteiger partial charge < -0.3 is 4.90 Å². The Bertz CT molecular complexity index is 829. The van der Waals surface area contributed by atoms with Crippen molar-refractivity contribution in [2.75, 3.05) is 18.0 Å². The minimum Gasteiger partial charge on any atom is -0.341 e. The smallest absolute Gasteiger partial charge is 0.225 e. The van der Waals surface area contributed by atoms with Gasteiger partial charge in [-0.15, -0.1) is 0 Å². The first kappa shape index (κ1) is 15.8. The van der Waals surface area contributed by atoms with Crippen molar-refractivity contribution >= 4 is 5.95 Å². The predicted molar refractivity (Wildman–Crippen MR) is 96.1 cm³/mol. The molecule has 0 N–H and O–H groups in total. The Hall–Kier alpha value is -2.70. The highest BCUT2D eigenvalue weighted by Gasteiger charge is 2.22. The zero-order valence-corrected chi connectivity index (χ0v) is 14.7. The van der Waals surface area contributed by atoms with Gasteiger partial charge in [-0.25, -0.2) is 9.97 Å². The maximum atomic E-state index is 4.84. The molecule has 7 nitrogen and oxygen atoms in total. The van der Waals surface area contributed by atoms with Gasteiger partial charge in [-0.1, -0.05) is 0 Å². The Morgan fingerprint density at radius 2 is 2.00 bits per heavy atom. The molecular weight excluding hydrogens is 314 g/mol. The lowest BCUT2D eigenvalue weighted by molar-refractivity contribution is 0.340. The van der Waals surface area contributed by atoms with Crippen molar-refractivity contribution in [3.05, 3.63) is 42.5 Å². The third-order valence-electron chi connectivity index (χ3n) is 4.92. The summed E-state index contributed by atoms with van der Waals surface area (Å²) in [6.07, 6.45) is 9.87. The van der Waals surface area contributed by atoms with E-state index in [9.17, 15) is 0 Å². The summed E-state index contributed by atoms with van der Waals surface area (Å²) in [6, 6.07) is 3.98. The fourth-order valence-corrected chi connectivity index (χ4v) is 3.44. The Balaban J connectivity index is 1.47. The van der Waals surface area contributed by atoms with Gasteiger partial charge >= 0.3 is 0 Å². The summed E-state index contributed by atoms with van der Waals surface area (Å²) in [5.41, 5.74) is 3.05. The molecule has 3 aromatic heterocycles. The van der Waals surface area contributed by atoms with E-state index < -0.39 is 0 Å². The second-order valence-corrected chi connectivity index (χ2v) is 6.70. The Morgan fingerprint density at radius 1 is 1.16 bits per heavy atom. The largest absolute Gasteiger partial charge is 0.341 e. The number of hydrogen-bond donors (Lipinski definition) is 0. The van der Waals surface area contributed by atoms with Crippen LogP contribution >= 0.6 is 0 Å². The summed E-state index contributed by atoms with van der Waals surface area (Å²) in [6.45, 7) is 5.01. The van der Waals surface area contributed by atoms with E-state index in [1.54, 1.807) is 6.20 Å². The van der Waals surface area contributed by atoms with Gasteiger partial charge in [0, 0.05) is 51.5 Å². The van der Waals surface area contributed by atoms with Crippen LogP contribution in [0.3, 0.4) is 0 Å². The van der Waals surface area contributed by atoms with E-state index in [2.05, 4.69) is 20.1 Å². The van der Waals surface area contributed by atoms with Crippen molar-refractivity contribution in [1.82, 2.24) is 29.5 Å². The monoisotopic (exact) mass is 337 g/mol. The average Bonchev–Trinajstić information content (AvgIpc) is 3.28. The van der Waals surface area contributed by atoms with Crippen LogP contribution in [-0.2, 0) is 13.6 Å². The van der Waals surface area contributed by atoms with Gasteiger partial charge in [0.25, 0.3) is 0 Å². The lowest BCUT2D eigenvalue weighted by Crippen LogP contribution is -2.36. The van der Waals surface area contributed by atoms with Crippen LogP contribution in [-0.4, -0.2) is 42.6 Å². The van der Waals surface area contributed by atoms with E-state index in [0.29, 0.717) is 5.92 Å². The summed E-state index contributed by atoms with van der Waals surface area (Å²) in [5, 5.41) is 8.57. The van der Waals surface area contributed by atoms with Crippen molar-refractivity contribution in [3.8, 4) is 11.4 Å². The van der Waals surface area contributed by atoms with E-state index >= 15 is 0 Å². The van der Waals surface area contributed by atoms with Gasteiger partial charge in [-0.3, -0.25) is 9.36 Å². The van der Waals surface area contributed by atoms with Crippen molar-refractivity contribution in [2.24, 2.45) is 13.0 Å². The Morgan fingerprint density at radius 3 is 2.68 bits per heavy atom. The molecule has 1 saturated heterocycles. The van der Waals surface area contributed by atoms with Crippen LogP contribution < -0.4 is 4.90 Å². The third kappa shape index (κ3) is 3.26. The second kappa shape index (κ2) is 6.66. The molecule has 3 aromatic rings. The molecule has 1 fully saturated rings. The maximum absolute atomic E-state index is 4.84. The normalized spacial score (nSPS) is 15.7. The summed E-state index contributed by atoms with van der Waals surface area (Å²) >= 11 is 0. The van der Waals surface area contributed by atoms with Crippen LogP contribution in [0, 0.1) is 12.8 Å². The van der Waals surface area contributed by atoms with Crippen molar-refractivity contribution in [1.29, 1.82) is 0 Å². The van der Waals surface area contributed by atoms with E-state index in [0.717, 1.165) is 55.4 Å². The van der Waals surface area contributed by atoms with Crippen molar-refractivity contribution in [2.45, 2.75) is 26.3 Å². The minimum absolute atomic E-state index is 0.665. The van der Waals surface area contributed by atoms with Crippen LogP contribution in [0.15, 0.2) is 36.9 Å². The van der Waals surface area contributed by atoms with Gasteiger partial charge in [0.1, 0.15) is 0 Å². The van der Waals surface area contributed by atoms with Crippen LogP contribution in [0.4, 0.5) is 5.95 Å². The van der Waals surface area contributed by atoms with Gasteiger partial charge in [0.2, 0.25) is 5.95 Å². The molecule has 25 heavy (non-hydrogen) atoms. The number of anilines is 1. The molecule has 4 rings (SSSR count). The first-order valence-electron chi connectivity index (χ1n) is 8.75. The lowest BCUT2D eigenvalue weighted by atomic mass is 9.97. The third-order valence-corrected chi connectivity index (χ3v) is 4.92. The molecule has 0 unspecified atom stereocenters. The molecule has 1 aliphatic rings. The number of hydrogen-bond acceptors (Lipinski definition) is 5.